The Hall–Kier alpha value is -1.63. The van der Waals surface area contributed by atoms with E-state index in [0.29, 0.717) is 12.4 Å². The van der Waals surface area contributed by atoms with Gasteiger partial charge in [0, 0.05) is 22.6 Å². The van der Waals surface area contributed by atoms with Crippen molar-refractivity contribution in [3.8, 4) is 10.6 Å². The van der Waals surface area contributed by atoms with E-state index in [-0.39, 0.29) is 0 Å². The molecule has 0 aliphatic rings. The molecule has 0 spiro atoms. The number of nitrogen functional groups attached to an aromatic ring is 1. The summed E-state index contributed by atoms with van der Waals surface area (Å²) in [5, 5.41) is 7.96. The van der Waals surface area contributed by atoms with Crippen molar-refractivity contribution in [3.05, 3.63) is 45.9 Å². The van der Waals surface area contributed by atoms with Crippen molar-refractivity contribution in [2.45, 2.75) is 13.5 Å². The molecule has 2 heterocycles. The zero-order valence-electron chi connectivity index (χ0n) is 11.3. The summed E-state index contributed by atoms with van der Waals surface area (Å²) in [4.78, 5) is 4.49. The molecule has 0 saturated carbocycles. The molecule has 3 N–H and O–H groups in total. The largest absolute Gasteiger partial charge is 0.382 e. The third-order valence-corrected chi connectivity index (χ3v) is 4.97. The molecular formula is C14H13ClN4S2. The van der Waals surface area contributed by atoms with Gasteiger partial charge in [0.1, 0.15) is 15.8 Å². The van der Waals surface area contributed by atoms with Gasteiger partial charge in [-0.15, -0.1) is 11.3 Å². The van der Waals surface area contributed by atoms with E-state index >= 15 is 0 Å². The van der Waals surface area contributed by atoms with Crippen molar-refractivity contribution in [2.24, 2.45) is 0 Å². The fraction of sp³-hybridized carbons (Fsp3) is 0.143. The van der Waals surface area contributed by atoms with Gasteiger partial charge in [-0.25, -0.2) is 4.98 Å². The first-order chi connectivity index (χ1) is 10.1. The van der Waals surface area contributed by atoms with Gasteiger partial charge in [0.15, 0.2) is 0 Å². The molecule has 3 aromatic rings. The molecular weight excluding hydrogens is 324 g/mol. The van der Waals surface area contributed by atoms with Crippen LogP contribution in [0.15, 0.2) is 29.6 Å². The maximum absolute atomic E-state index is 5.98. The van der Waals surface area contributed by atoms with Crippen molar-refractivity contribution >= 4 is 45.3 Å². The quantitative estimate of drug-likeness (QED) is 0.740. The number of thiazole rings is 1. The van der Waals surface area contributed by atoms with Crippen molar-refractivity contribution in [3.63, 3.8) is 0 Å². The summed E-state index contributed by atoms with van der Waals surface area (Å²) in [6.45, 7) is 2.66. The lowest BCUT2D eigenvalue weighted by Gasteiger charge is -2.06. The van der Waals surface area contributed by atoms with E-state index in [1.807, 2.05) is 36.6 Å². The molecule has 108 valence electrons. The number of anilines is 2. The summed E-state index contributed by atoms with van der Waals surface area (Å²) in [5.74, 6) is 0.521. The summed E-state index contributed by atoms with van der Waals surface area (Å²) >= 11 is 8.82. The summed E-state index contributed by atoms with van der Waals surface area (Å²) in [7, 11) is 0. The van der Waals surface area contributed by atoms with Crippen LogP contribution in [0.25, 0.3) is 10.6 Å². The second-order valence-corrected chi connectivity index (χ2v) is 6.61. The van der Waals surface area contributed by atoms with E-state index in [0.717, 1.165) is 31.9 Å². The molecule has 0 saturated heterocycles. The predicted octanol–water partition coefficient (Wildman–Crippen LogP) is 4.42. The minimum Gasteiger partial charge on any atom is -0.382 e. The number of benzene rings is 1. The van der Waals surface area contributed by atoms with E-state index in [4.69, 9.17) is 17.3 Å². The van der Waals surface area contributed by atoms with Crippen molar-refractivity contribution < 1.29 is 0 Å². The number of hydrogen-bond acceptors (Lipinski definition) is 6. The van der Waals surface area contributed by atoms with Gasteiger partial charge in [-0.3, -0.25) is 0 Å². The molecule has 4 nitrogen and oxygen atoms in total. The Bertz CT molecular complexity index is 749. The summed E-state index contributed by atoms with van der Waals surface area (Å²) in [6, 6.07) is 7.75. The lowest BCUT2D eigenvalue weighted by Crippen LogP contribution is -1.99. The van der Waals surface area contributed by atoms with Crippen LogP contribution in [0.2, 0.25) is 5.02 Å². The highest BCUT2D eigenvalue weighted by Crippen LogP contribution is 2.38. The second kappa shape index (κ2) is 6.01. The molecule has 3 rings (SSSR count). The molecule has 0 bridgehead atoms. The van der Waals surface area contributed by atoms with Crippen LogP contribution in [0, 0.1) is 6.92 Å². The number of nitrogens with zero attached hydrogens (tertiary/aromatic N) is 2. The first-order valence-corrected chi connectivity index (χ1v) is 8.32. The SMILES string of the molecule is Cc1csc(-c2c(N)nsc2NCc2ccc(Cl)cc2)n1. The van der Waals surface area contributed by atoms with Gasteiger partial charge in [-0.1, -0.05) is 23.7 Å². The van der Waals surface area contributed by atoms with Crippen LogP contribution in [0.4, 0.5) is 10.8 Å². The number of halogens is 1. The van der Waals surface area contributed by atoms with Crippen LogP contribution < -0.4 is 11.1 Å². The van der Waals surface area contributed by atoms with Crippen LogP contribution in [0.3, 0.4) is 0 Å². The zero-order chi connectivity index (χ0) is 14.8. The monoisotopic (exact) mass is 336 g/mol. The Kier molecular flexibility index (Phi) is 4.10. The molecule has 0 aliphatic carbocycles. The van der Waals surface area contributed by atoms with E-state index in [1.165, 1.54) is 11.5 Å². The fourth-order valence-electron chi connectivity index (χ4n) is 1.88. The Balaban J connectivity index is 1.81. The van der Waals surface area contributed by atoms with Gasteiger partial charge in [-0.2, -0.15) is 4.37 Å². The maximum atomic E-state index is 5.98. The van der Waals surface area contributed by atoms with E-state index in [9.17, 15) is 0 Å². The third-order valence-electron chi connectivity index (χ3n) is 2.92. The normalized spacial score (nSPS) is 10.8. The number of aromatic nitrogens is 2. The molecule has 0 aliphatic heterocycles. The molecule has 7 heteroatoms. The lowest BCUT2D eigenvalue weighted by atomic mass is 10.2. The topological polar surface area (TPSA) is 63.8 Å². The number of nitrogens with two attached hydrogens (primary N) is 1. The lowest BCUT2D eigenvalue weighted by molar-refractivity contribution is 1.16. The van der Waals surface area contributed by atoms with Crippen molar-refractivity contribution in [1.29, 1.82) is 0 Å². The van der Waals surface area contributed by atoms with Gasteiger partial charge in [0.05, 0.1) is 5.56 Å². The van der Waals surface area contributed by atoms with E-state index < -0.39 is 0 Å². The number of rotatable bonds is 4. The Morgan fingerprint density at radius 2 is 2.05 bits per heavy atom. The van der Waals surface area contributed by atoms with Crippen LogP contribution in [0.5, 0.6) is 0 Å². The summed E-state index contributed by atoms with van der Waals surface area (Å²) < 4.78 is 4.23. The standard InChI is InChI=1S/C14H13ClN4S2/c1-8-7-20-14(18-8)11-12(16)19-21-13(11)17-6-9-2-4-10(15)5-3-9/h2-5,7,17H,6H2,1H3,(H2,16,19). The molecule has 0 radical (unpaired) electrons. The number of hydrogen-bond donors (Lipinski definition) is 2. The summed E-state index contributed by atoms with van der Waals surface area (Å²) in [6.07, 6.45) is 0. The van der Waals surface area contributed by atoms with Crippen LogP contribution in [0.1, 0.15) is 11.3 Å². The van der Waals surface area contributed by atoms with Crippen LogP contribution >= 0.6 is 34.5 Å². The van der Waals surface area contributed by atoms with Gasteiger partial charge in [0.25, 0.3) is 0 Å². The van der Waals surface area contributed by atoms with E-state index in [2.05, 4.69) is 14.7 Å². The highest BCUT2D eigenvalue weighted by molar-refractivity contribution is 7.15. The minimum atomic E-state index is 0.521. The van der Waals surface area contributed by atoms with Gasteiger partial charge in [0.2, 0.25) is 0 Å². The number of aryl methyl sites for hydroxylation is 1. The third kappa shape index (κ3) is 3.18. The van der Waals surface area contributed by atoms with Gasteiger partial charge < -0.3 is 11.1 Å². The Morgan fingerprint density at radius 3 is 2.71 bits per heavy atom. The van der Waals surface area contributed by atoms with Crippen LogP contribution in [-0.2, 0) is 6.54 Å². The minimum absolute atomic E-state index is 0.521. The maximum Gasteiger partial charge on any atom is 0.149 e. The fourth-order valence-corrected chi connectivity index (χ4v) is 3.64. The predicted molar refractivity (Wildman–Crippen MR) is 91.2 cm³/mol. The Morgan fingerprint density at radius 1 is 1.29 bits per heavy atom. The van der Waals surface area contributed by atoms with Crippen molar-refractivity contribution in [1.82, 2.24) is 9.36 Å². The molecule has 21 heavy (non-hydrogen) atoms. The van der Waals surface area contributed by atoms with Gasteiger partial charge in [-0.05, 0) is 36.2 Å². The first-order valence-electron chi connectivity index (χ1n) is 6.29. The Labute approximate surface area is 135 Å². The van der Waals surface area contributed by atoms with Crippen molar-refractivity contribution in [2.75, 3.05) is 11.1 Å². The molecule has 0 unspecified atom stereocenters. The molecule has 1 aromatic carbocycles. The van der Waals surface area contributed by atoms with Crippen LogP contribution in [-0.4, -0.2) is 9.36 Å². The molecule has 0 atom stereocenters. The highest BCUT2D eigenvalue weighted by Gasteiger charge is 2.16. The smallest absolute Gasteiger partial charge is 0.149 e. The first kappa shape index (κ1) is 14.3. The number of nitrogens with one attached hydrogen (secondary N) is 1. The average Bonchev–Trinajstić information content (AvgIpc) is 3.04. The second-order valence-electron chi connectivity index (χ2n) is 4.55. The summed E-state index contributed by atoms with van der Waals surface area (Å²) in [5.41, 5.74) is 9.01. The van der Waals surface area contributed by atoms with E-state index in [1.54, 1.807) is 11.3 Å². The zero-order valence-corrected chi connectivity index (χ0v) is 13.6. The molecule has 2 aromatic heterocycles. The highest BCUT2D eigenvalue weighted by atomic mass is 35.5. The average molecular weight is 337 g/mol. The molecule has 0 amide bonds. The molecule has 0 fully saturated rings. The van der Waals surface area contributed by atoms with Gasteiger partial charge >= 0.3 is 0 Å².